The number of aliphatic hydroxyl groups is 1. The Bertz CT molecular complexity index is 375. The summed E-state index contributed by atoms with van der Waals surface area (Å²) in [6.07, 6.45) is 2.85. The van der Waals surface area contributed by atoms with Crippen LogP contribution in [0.3, 0.4) is 0 Å². The van der Waals surface area contributed by atoms with E-state index in [-0.39, 0.29) is 6.10 Å². The van der Waals surface area contributed by atoms with Crippen molar-refractivity contribution in [3.8, 4) is 0 Å². The van der Waals surface area contributed by atoms with E-state index in [1.165, 1.54) is 13.8 Å². The van der Waals surface area contributed by atoms with Gasteiger partial charge in [0.05, 0.1) is 5.60 Å². The summed E-state index contributed by atoms with van der Waals surface area (Å²) < 4.78 is 10.5. The maximum atomic E-state index is 12.2. The Kier molecular flexibility index (Phi) is 5.61. The molecule has 0 radical (unpaired) electrons. The highest BCUT2D eigenvalue weighted by Crippen LogP contribution is 2.22. The number of alkyl carbamates (subject to hydrolysis) is 1. The third-order valence-electron chi connectivity index (χ3n) is 3.19. The molecule has 21 heavy (non-hydrogen) atoms. The van der Waals surface area contributed by atoms with Gasteiger partial charge >= 0.3 is 12.1 Å². The van der Waals surface area contributed by atoms with E-state index in [1.54, 1.807) is 20.8 Å². The Balaban J connectivity index is 2.67. The zero-order chi connectivity index (χ0) is 16.3. The largest absolute Gasteiger partial charge is 0.461 e. The van der Waals surface area contributed by atoms with E-state index >= 15 is 0 Å². The molecule has 6 heteroatoms. The van der Waals surface area contributed by atoms with Crippen LogP contribution >= 0.6 is 0 Å². The molecule has 0 aromatic rings. The summed E-state index contributed by atoms with van der Waals surface area (Å²) in [4.78, 5) is 24.0. The van der Waals surface area contributed by atoms with Crippen molar-refractivity contribution in [2.45, 2.75) is 83.6 Å². The molecule has 0 aromatic carbocycles. The van der Waals surface area contributed by atoms with Crippen molar-refractivity contribution in [2.24, 2.45) is 0 Å². The second-order valence-corrected chi connectivity index (χ2v) is 7.08. The van der Waals surface area contributed by atoms with Gasteiger partial charge in [0, 0.05) is 0 Å². The molecule has 122 valence electrons. The standard InChI is InChI=1S/C15H27NO5/c1-14(2,3)21-13(18)16-11(15(4,5)19)12(17)20-10-8-6-7-9-10/h10-11,19H,6-9H2,1-5H3,(H,16,18). The van der Waals surface area contributed by atoms with E-state index in [0.717, 1.165) is 25.7 Å². The molecule has 1 amide bonds. The maximum absolute atomic E-state index is 12.2. The van der Waals surface area contributed by atoms with E-state index in [9.17, 15) is 14.7 Å². The summed E-state index contributed by atoms with van der Waals surface area (Å²) in [5.41, 5.74) is -2.11. The minimum absolute atomic E-state index is 0.122. The zero-order valence-corrected chi connectivity index (χ0v) is 13.6. The first-order valence-corrected chi connectivity index (χ1v) is 7.41. The lowest BCUT2D eigenvalue weighted by Gasteiger charge is -2.30. The molecule has 1 aliphatic carbocycles. The number of carbonyl (C=O) groups is 2. The van der Waals surface area contributed by atoms with Crippen molar-refractivity contribution in [2.75, 3.05) is 0 Å². The maximum Gasteiger partial charge on any atom is 0.408 e. The van der Waals surface area contributed by atoms with Crippen molar-refractivity contribution >= 4 is 12.1 Å². The summed E-state index contributed by atoms with van der Waals surface area (Å²) in [7, 11) is 0. The fraction of sp³-hybridized carbons (Fsp3) is 0.867. The molecule has 0 aliphatic heterocycles. The molecule has 1 rings (SSSR count). The predicted molar refractivity (Wildman–Crippen MR) is 77.8 cm³/mol. The third kappa shape index (κ3) is 6.33. The first kappa shape index (κ1) is 17.8. The molecule has 1 atom stereocenters. The van der Waals surface area contributed by atoms with Crippen LogP contribution in [0.4, 0.5) is 4.79 Å². The lowest BCUT2D eigenvalue weighted by molar-refractivity contribution is -0.157. The Hall–Kier alpha value is -1.30. The minimum Gasteiger partial charge on any atom is -0.461 e. The summed E-state index contributed by atoms with van der Waals surface area (Å²) in [5.74, 6) is -0.625. The molecule has 1 aliphatic rings. The van der Waals surface area contributed by atoms with Gasteiger partial charge in [-0.3, -0.25) is 0 Å². The monoisotopic (exact) mass is 301 g/mol. The van der Waals surface area contributed by atoms with Gasteiger partial charge in [0.15, 0.2) is 6.04 Å². The molecule has 1 saturated carbocycles. The van der Waals surface area contributed by atoms with Crippen LogP contribution in [0.5, 0.6) is 0 Å². The molecule has 0 saturated heterocycles. The zero-order valence-electron chi connectivity index (χ0n) is 13.6. The van der Waals surface area contributed by atoms with Crippen LogP contribution < -0.4 is 5.32 Å². The highest BCUT2D eigenvalue weighted by Gasteiger charge is 2.38. The van der Waals surface area contributed by atoms with Crippen molar-refractivity contribution in [3.05, 3.63) is 0 Å². The Morgan fingerprint density at radius 3 is 2.10 bits per heavy atom. The molecule has 0 heterocycles. The average molecular weight is 301 g/mol. The number of nitrogens with one attached hydrogen (secondary N) is 1. The van der Waals surface area contributed by atoms with Gasteiger partial charge in [0.25, 0.3) is 0 Å². The topological polar surface area (TPSA) is 84.9 Å². The molecule has 0 bridgehead atoms. The van der Waals surface area contributed by atoms with E-state index in [2.05, 4.69) is 5.32 Å². The number of esters is 1. The van der Waals surface area contributed by atoms with Gasteiger partial charge in [-0.05, 0) is 60.3 Å². The van der Waals surface area contributed by atoms with Gasteiger partial charge in [0.1, 0.15) is 11.7 Å². The number of hydrogen-bond acceptors (Lipinski definition) is 5. The minimum atomic E-state index is -1.44. The van der Waals surface area contributed by atoms with Gasteiger partial charge in [-0.25, -0.2) is 9.59 Å². The van der Waals surface area contributed by atoms with Crippen LogP contribution in [-0.4, -0.2) is 40.5 Å². The number of hydrogen-bond donors (Lipinski definition) is 2. The van der Waals surface area contributed by atoms with E-state index in [4.69, 9.17) is 9.47 Å². The second-order valence-electron chi connectivity index (χ2n) is 7.08. The van der Waals surface area contributed by atoms with Crippen LogP contribution in [0.15, 0.2) is 0 Å². The summed E-state index contributed by atoms with van der Waals surface area (Å²) in [6.45, 7) is 8.07. The summed E-state index contributed by atoms with van der Waals surface area (Å²) >= 11 is 0. The Morgan fingerprint density at radius 2 is 1.67 bits per heavy atom. The second kappa shape index (κ2) is 6.64. The Morgan fingerprint density at radius 1 is 1.14 bits per heavy atom. The summed E-state index contributed by atoms with van der Waals surface area (Å²) in [6, 6.07) is -1.16. The van der Waals surface area contributed by atoms with Gasteiger partial charge in [-0.1, -0.05) is 0 Å². The van der Waals surface area contributed by atoms with E-state index in [1.807, 2.05) is 0 Å². The van der Waals surface area contributed by atoms with Gasteiger partial charge < -0.3 is 19.9 Å². The predicted octanol–water partition coefficient (Wildman–Crippen LogP) is 2.14. The quantitative estimate of drug-likeness (QED) is 0.777. The van der Waals surface area contributed by atoms with Crippen molar-refractivity contribution in [1.29, 1.82) is 0 Å². The number of carbonyl (C=O) groups excluding carboxylic acids is 2. The third-order valence-corrected chi connectivity index (χ3v) is 3.19. The van der Waals surface area contributed by atoms with Gasteiger partial charge in [0.2, 0.25) is 0 Å². The molecule has 1 unspecified atom stereocenters. The Labute approximate surface area is 126 Å². The van der Waals surface area contributed by atoms with Crippen molar-refractivity contribution in [1.82, 2.24) is 5.32 Å². The fourth-order valence-corrected chi connectivity index (χ4v) is 2.19. The SMILES string of the molecule is CC(C)(C)OC(=O)NC(C(=O)OC1CCCC1)C(C)(C)O. The number of amides is 1. The smallest absolute Gasteiger partial charge is 0.408 e. The molecule has 2 N–H and O–H groups in total. The molecule has 0 spiro atoms. The molecule has 6 nitrogen and oxygen atoms in total. The van der Waals surface area contributed by atoms with Gasteiger partial charge in [-0.15, -0.1) is 0 Å². The fourth-order valence-electron chi connectivity index (χ4n) is 2.19. The number of rotatable bonds is 4. The normalized spacial score (nSPS) is 18.2. The van der Waals surface area contributed by atoms with Crippen molar-refractivity contribution < 1.29 is 24.2 Å². The lowest BCUT2D eigenvalue weighted by Crippen LogP contribution is -2.56. The first-order valence-electron chi connectivity index (χ1n) is 7.41. The molecular weight excluding hydrogens is 274 g/mol. The molecule has 0 aromatic heterocycles. The molecular formula is C15H27NO5. The van der Waals surface area contributed by atoms with Crippen LogP contribution in [0.25, 0.3) is 0 Å². The van der Waals surface area contributed by atoms with Crippen LogP contribution in [-0.2, 0) is 14.3 Å². The van der Waals surface area contributed by atoms with E-state index < -0.39 is 29.3 Å². The van der Waals surface area contributed by atoms with Crippen LogP contribution in [0, 0.1) is 0 Å². The summed E-state index contributed by atoms with van der Waals surface area (Å²) in [5, 5.41) is 12.5. The van der Waals surface area contributed by atoms with E-state index in [0.29, 0.717) is 0 Å². The highest BCUT2D eigenvalue weighted by atomic mass is 16.6. The lowest BCUT2D eigenvalue weighted by atomic mass is 9.99. The van der Waals surface area contributed by atoms with Crippen LogP contribution in [0.2, 0.25) is 0 Å². The van der Waals surface area contributed by atoms with Crippen molar-refractivity contribution in [3.63, 3.8) is 0 Å². The average Bonchev–Trinajstić information content (AvgIpc) is 2.74. The molecule has 1 fully saturated rings. The number of ether oxygens (including phenoxy) is 2. The highest BCUT2D eigenvalue weighted by molar-refractivity contribution is 5.82. The van der Waals surface area contributed by atoms with Crippen LogP contribution in [0.1, 0.15) is 60.3 Å². The van der Waals surface area contributed by atoms with Gasteiger partial charge in [-0.2, -0.15) is 0 Å². The first-order chi connectivity index (χ1) is 9.49.